The van der Waals surface area contributed by atoms with E-state index in [-0.39, 0.29) is 17.4 Å². The Hall–Kier alpha value is -0.160. The molecule has 0 aromatic heterocycles. The number of rotatable bonds is 1. The van der Waals surface area contributed by atoms with Gasteiger partial charge in [0.15, 0.2) is 0 Å². The Morgan fingerprint density at radius 3 is 2.40 bits per heavy atom. The Balaban J connectivity index is 1.69. The number of aliphatic hydroxyl groups is 4. The van der Waals surface area contributed by atoms with Crippen LogP contribution in [0.2, 0.25) is 0 Å². The van der Waals surface area contributed by atoms with Crippen molar-refractivity contribution in [3.63, 3.8) is 0 Å². The van der Waals surface area contributed by atoms with E-state index in [1.807, 2.05) is 0 Å². The lowest BCUT2D eigenvalue weighted by atomic mass is 9.43. The van der Waals surface area contributed by atoms with Crippen LogP contribution in [0.25, 0.3) is 0 Å². The highest BCUT2D eigenvalue weighted by Gasteiger charge is 2.67. The molecule has 4 aliphatic carbocycles. The van der Waals surface area contributed by atoms with Crippen molar-refractivity contribution in [3.8, 4) is 0 Å². The summed E-state index contributed by atoms with van der Waals surface area (Å²) in [4.78, 5) is 0. The minimum atomic E-state index is -1.08. The van der Waals surface area contributed by atoms with E-state index in [9.17, 15) is 20.4 Å². The molecule has 0 unspecified atom stereocenters. The van der Waals surface area contributed by atoms with Gasteiger partial charge in [-0.15, -0.1) is 0 Å². The van der Waals surface area contributed by atoms with Gasteiger partial charge >= 0.3 is 0 Å². The summed E-state index contributed by atoms with van der Waals surface area (Å²) in [6, 6.07) is 0. The van der Waals surface area contributed by atoms with E-state index in [0.717, 1.165) is 38.5 Å². The lowest BCUT2D eigenvalue weighted by Gasteiger charge is -2.63. The Labute approximate surface area is 151 Å². The standard InChI is InChI=1S/C21H36O4/c1-12(22)21(25)9-7-16-15-5-4-13-10-14(23)6-8-19(13,2)18(15)17(24)11-20(16,21)3/h12-18,22-25H,4-11H2,1-3H3/t12-,13-,14-,15+,16+,17-,18-,19-,20+,21+/m0/s1. The van der Waals surface area contributed by atoms with Crippen molar-refractivity contribution < 1.29 is 20.4 Å². The molecule has 144 valence electrons. The first kappa shape index (κ1) is 18.2. The summed E-state index contributed by atoms with van der Waals surface area (Å²) in [6.07, 6.45) is 5.77. The summed E-state index contributed by atoms with van der Waals surface area (Å²) < 4.78 is 0. The molecule has 0 radical (unpaired) electrons. The molecule has 0 aliphatic heterocycles. The van der Waals surface area contributed by atoms with Gasteiger partial charge in [0.25, 0.3) is 0 Å². The number of fused-ring (bicyclic) bond motifs is 5. The van der Waals surface area contributed by atoms with Crippen molar-refractivity contribution in [1.29, 1.82) is 0 Å². The van der Waals surface area contributed by atoms with Gasteiger partial charge in [0, 0.05) is 5.41 Å². The fraction of sp³-hybridized carbons (Fsp3) is 1.00. The number of aliphatic hydroxyl groups excluding tert-OH is 3. The topological polar surface area (TPSA) is 80.9 Å². The third-order valence-corrected chi connectivity index (χ3v) is 9.48. The fourth-order valence-electron chi connectivity index (χ4n) is 8.09. The van der Waals surface area contributed by atoms with E-state index >= 15 is 0 Å². The van der Waals surface area contributed by atoms with Crippen LogP contribution in [0.15, 0.2) is 0 Å². The molecule has 0 saturated heterocycles. The minimum absolute atomic E-state index is 0.106. The Kier molecular flexibility index (Phi) is 4.13. The molecule has 0 bridgehead atoms. The highest BCUT2D eigenvalue weighted by atomic mass is 16.3. The summed E-state index contributed by atoms with van der Waals surface area (Å²) in [5, 5.41) is 42.9. The smallest absolute Gasteiger partial charge is 0.0959 e. The molecule has 4 rings (SSSR count). The van der Waals surface area contributed by atoms with Crippen molar-refractivity contribution in [2.24, 2.45) is 34.5 Å². The van der Waals surface area contributed by atoms with Crippen LogP contribution < -0.4 is 0 Å². The summed E-state index contributed by atoms with van der Waals surface area (Å²) in [6.45, 7) is 6.16. The number of hydrogen-bond donors (Lipinski definition) is 4. The molecule has 0 aromatic rings. The second kappa shape index (κ2) is 5.67. The van der Waals surface area contributed by atoms with Crippen LogP contribution in [-0.4, -0.2) is 44.3 Å². The third kappa shape index (κ3) is 2.27. The van der Waals surface area contributed by atoms with Gasteiger partial charge in [-0.1, -0.05) is 13.8 Å². The van der Waals surface area contributed by atoms with Crippen molar-refractivity contribution >= 4 is 0 Å². The summed E-state index contributed by atoms with van der Waals surface area (Å²) in [5.74, 6) is 1.59. The fourth-order valence-corrected chi connectivity index (χ4v) is 8.09. The van der Waals surface area contributed by atoms with Crippen LogP contribution in [-0.2, 0) is 0 Å². The summed E-state index contributed by atoms with van der Waals surface area (Å²) in [5.41, 5.74) is -1.38. The zero-order valence-electron chi connectivity index (χ0n) is 16.0. The molecule has 0 aromatic carbocycles. The molecule has 10 atom stereocenters. The molecule has 4 aliphatic rings. The molecular formula is C21H36O4. The monoisotopic (exact) mass is 352 g/mol. The SMILES string of the molecule is C[C@H](O)[C@]1(O)CC[C@@H]2[C@H]3CC[C@H]4C[C@@H](O)CC[C@]4(C)[C@@H]3[C@@H](O)C[C@]21C. The second-order valence-electron chi connectivity index (χ2n) is 10.3. The van der Waals surface area contributed by atoms with E-state index in [4.69, 9.17) is 0 Å². The van der Waals surface area contributed by atoms with Gasteiger partial charge < -0.3 is 20.4 Å². The predicted molar refractivity (Wildman–Crippen MR) is 95.8 cm³/mol. The molecule has 4 fully saturated rings. The van der Waals surface area contributed by atoms with E-state index in [0.29, 0.717) is 30.6 Å². The Morgan fingerprint density at radius 2 is 1.72 bits per heavy atom. The molecule has 4 heteroatoms. The van der Waals surface area contributed by atoms with Crippen molar-refractivity contribution in [1.82, 2.24) is 0 Å². The van der Waals surface area contributed by atoms with Gasteiger partial charge in [0.05, 0.1) is 23.9 Å². The van der Waals surface area contributed by atoms with Crippen LogP contribution in [0.1, 0.15) is 72.1 Å². The third-order valence-electron chi connectivity index (χ3n) is 9.48. The molecule has 4 saturated carbocycles. The predicted octanol–water partition coefficient (Wildman–Crippen LogP) is 2.47. The average molecular weight is 353 g/mol. The lowest BCUT2D eigenvalue weighted by Crippen LogP contribution is -2.63. The van der Waals surface area contributed by atoms with Gasteiger partial charge in [-0.25, -0.2) is 0 Å². The quantitative estimate of drug-likeness (QED) is 0.584. The normalized spacial score (nSPS) is 59.6. The van der Waals surface area contributed by atoms with Crippen LogP contribution in [0.3, 0.4) is 0 Å². The highest BCUT2D eigenvalue weighted by molar-refractivity contribution is 5.17. The van der Waals surface area contributed by atoms with Crippen LogP contribution in [0.5, 0.6) is 0 Å². The van der Waals surface area contributed by atoms with E-state index < -0.39 is 23.2 Å². The van der Waals surface area contributed by atoms with Crippen molar-refractivity contribution in [2.75, 3.05) is 0 Å². The maximum absolute atomic E-state index is 11.3. The van der Waals surface area contributed by atoms with Gasteiger partial charge in [-0.2, -0.15) is 0 Å². The first-order chi connectivity index (χ1) is 11.6. The highest BCUT2D eigenvalue weighted by Crippen LogP contribution is 2.68. The van der Waals surface area contributed by atoms with Gasteiger partial charge in [-0.05, 0) is 87.4 Å². The zero-order chi connectivity index (χ0) is 18.2. The summed E-state index contributed by atoms with van der Waals surface area (Å²) in [7, 11) is 0. The minimum Gasteiger partial charge on any atom is -0.393 e. The number of hydrogen-bond acceptors (Lipinski definition) is 4. The lowest BCUT2D eigenvalue weighted by molar-refractivity contribution is -0.218. The molecule has 25 heavy (non-hydrogen) atoms. The van der Waals surface area contributed by atoms with Gasteiger partial charge in [0.1, 0.15) is 0 Å². The maximum Gasteiger partial charge on any atom is 0.0959 e. The summed E-state index contributed by atoms with van der Waals surface area (Å²) >= 11 is 0. The molecule has 0 amide bonds. The average Bonchev–Trinajstić information content (AvgIpc) is 2.80. The van der Waals surface area contributed by atoms with Gasteiger partial charge in [-0.3, -0.25) is 0 Å². The van der Waals surface area contributed by atoms with E-state index in [2.05, 4.69) is 13.8 Å². The first-order valence-corrected chi connectivity index (χ1v) is 10.4. The molecule has 0 heterocycles. The second-order valence-corrected chi connectivity index (χ2v) is 10.3. The Morgan fingerprint density at radius 1 is 1.00 bits per heavy atom. The van der Waals surface area contributed by atoms with Crippen molar-refractivity contribution in [2.45, 2.75) is 96.1 Å². The molecule has 0 spiro atoms. The first-order valence-electron chi connectivity index (χ1n) is 10.4. The van der Waals surface area contributed by atoms with E-state index in [1.54, 1.807) is 6.92 Å². The Bertz CT molecular complexity index is 536. The maximum atomic E-state index is 11.3. The van der Waals surface area contributed by atoms with E-state index in [1.165, 1.54) is 0 Å². The van der Waals surface area contributed by atoms with Crippen molar-refractivity contribution in [3.05, 3.63) is 0 Å². The van der Waals surface area contributed by atoms with Crippen LogP contribution in [0, 0.1) is 34.5 Å². The zero-order valence-corrected chi connectivity index (χ0v) is 16.0. The largest absolute Gasteiger partial charge is 0.393 e. The van der Waals surface area contributed by atoms with Crippen LogP contribution in [0.4, 0.5) is 0 Å². The molecule has 4 N–H and O–H groups in total. The van der Waals surface area contributed by atoms with Crippen LogP contribution >= 0.6 is 0 Å². The van der Waals surface area contributed by atoms with Gasteiger partial charge in [0.2, 0.25) is 0 Å². The molecule has 4 nitrogen and oxygen atoms in total. The molecular weight excluding hydrogens is 316 g/mol.